The van der Waals surface area contributed by atoms with Gasteiger partial charge in [0.05, 0.1) is 0 Å². The average Bonchev–Trinajstić information content (AvgIpc) is 3.05. The summed E-state index contributed by atoms with van der Waals surface area (Å²) in [6.07, 6.45) is 0. The van der Waals surface area contributed by atoms with Gasteiger partial charge in [0.25, 0.3) is 0 Å². The Hall–Kier alpha value is -1.84. The van der Waals surface area contributed by atoms with Gasteiger partial charge in [0.2, 0.25) is 5.91 Å². The zero-order chi connectivity index (χ0) is 21.0. The molecule has 1 aliphatic heterocycles. The van der Waals surface area contributed by atoms with Gasteiger partial charge in [-0.1, -0.05) is 61.8 Å². The normalized spacial score (nSPS) is 19.7. The molecule has 0 aromatic heterocycles. The molecule has 156 valence electrons. The fourth-order valence-corrected chi connectivity index (χ4v) is 4.66. The topological polar surface area (TPSA) is 23.6 Å². The molecule has 1 fully saturated rings. The first kappa shape index (κ1) is 21.9. The van der Waals surface area contributed by atoms with E-state index in [0.29, 0.717) is 17.8 Å². The molecule has 3 rings (SSSR count). The second-order valence-electron chi connectivity index (χ2n) is 8.86. The van der Waals surface area contributed by atoms with E-state index < -0.39 is 0 Å². The predicted molar refractivity (Wildman–Crippen MR) is 121 cm³/mol. The molecule has 2 atom stereocenters. The molecule has 1 amide bonds. The molecule has 2 aromatic rings. The Balaban J connectivity index is 1.81. The number of carbonyl (C=O) groups excluding carboxylic acids is 1. The number of carbonyl (C=O) groups is 1. The molecular formula is C25H33ClN2O. The minimum absolute atomic E-state index is 0.179. The third-order valence-corrected chi connectivity index (χ3v) is 6.16. The third-order valence-electron chi connectivity index (χ3n) is 5.91. The molecule has 2 aromatic carbocycles. The van der Waals surface area contributed by atoms with Crippen LogP contribution in [-0.2, 0) is 11.3 Å². The Morgan fingerprint density at radius 1 is 1.14 bits per heavy atom. The third kappa shape index (κ3) is 5.83. The molecule has 0 spiro atoms. The highest BCUT2D eigenvalue weighted by atomic mass is 35.5. The lowest BCUT2D eigenvalue weighted by molar-refractivity contribution is -0.130. The van der Waals surface area contributed by atoms with Crippen LogP contribution in [0.4, 0.5) is 0 Å². The molecule has 0 bridgehead atoms. The average molecular weight is 413 g/mol. The second-order valence-corrected chi connectivity index (χ2v) is 9.30. The number of amides is 1. The maximum absolute atomic E-state index is 12.3. The fraction of sp³-hybridized carbons (Fsp3) is 0.480. The molecule has 1 saturated heterocycles. The van der Waals surface area contributed by atoms with E-state index in [9.17, 15) is 4.79 Å². The highest BCUT2D eigenvalue weighted by Crippen LogP contribution is 2.36. The molecule has 4 heteroatoms. The van der Waals surface area contributed by atoms with Crippen LogP contribution in [0.1, 0.15) is 43.4 Å². The number of hydrogen-bond acceptors (Lipinski definition) is 2. The van der Waals surface area contributed by atoms with Crippen molar-refractivity contribution in [3.8, 4) is 0 Å². The Bertz CT molecular complexity index is 818. The standard InChI is InChI=1S/C25H33ClN2O/c1-18(2)13-28(20(4)29)16-22-15-27(14-21-9-11-23(26)12-10-21)17-25(22)24-8-6-5-7-19(24)3/h5-12,18,22,25H,13-17H2,1-4H3. The number of hydrogen-bond donors (Lipinski definition) is 0. The number of likely N-dealkylation sites (tertiary alicyclic amines) is 1. The largest absolute Gasteiger partial charge is 0.342 e. The fourth-order valence-electron chi connectivity index (χ4n) is 4.53. The summed E-state index contributed by atoms with van der Waals surface area (Å²) in [4.78, 5) is 16.9. The lowest BCUT2D eigenvalue weighted by atomic mass is 9.86. The van der Waals surface area contributed by atoms with E-state index in [-0.39, 0.29) is 5.91 Å². The number of aryl methyl sites for hydroxylation is 1. The smallest absolute Gasteiger partial charge is 0.219 e. The first-order valence-electron chi connectivity index (χ1n) is 10.6. The summed E-state index contributed by atoms with van der Waals surface area (Å²) in [5.74, 6) is 1.53. The highest BCUT2D eigenvalue weighted by molar-refractivity contribution is 6.30. The number of rotatable bonds is 7. The van der Waals surface area contributed by atoms with Crippen LogP contribution in [0.15, 0.2) is 48.5 Å². The Kier molecular flexibility index (Phi) is 7.37. The molecule has 3 nitrogen and oxygen atoms in total. The second kappa shape index (κ2) is 9.77. The molecule has 29 heavy (non-hydrogen) atoms. The van der Waals surface area contributed by atoms with Crippen LogP contribution in [0.5, 0.6) is 0 Å². The number of benzene rings is 2. The SMILES string of the molecule is CC(=O)N(CC(C)C)CC1CN(Cc2ccc(Cl)cc2)CC1c1ccccc1C. The molecule has 0 saturated carbocycles. The van der Waals surface area contributed by atoms with E-state index in [2.05, 4.69) is 62.1 Å². The van der Waals surface area contributed by atoms with Crippen LogP contribution in [0.3, 0.4) is 0 Å². The summed E-state index contributed by atoms with van der Waals surface area (Å²) in [7, 11) is 0. The molecular weight excluding hydrogens is 380 g/mol. The van der Waals surface area contributed by atoms with E-state index in [1.54, 1.807) is 6.92 Å². The van der Waals surface area contributed by atoms with Crippen molar-refractivity contribution in [1.29, 1.82) is 0 Å². The van der Waals surface area contributed by atoms with E-state index in [0.717, 1.165) is 37.7 Å². The summed E-state index contributed by atoms with van der Waals surface area (Å²) in [6.45, 7) is 12.8. The van der Waals surface area contributed by atoms with Gasteiger partial charge < -0.3 is 4.90 Å². The van der Waals surface area contributed by atoms with Gasteiger partial charge in [-0.05, 0) is 47.6 Å². The molecule has 0 N–H and O–H groups in total. The summed E-state index contributed by atoms with van der Waals surface area (Å²) >= 11 is 6.05. The predicted octanol–water partition coefficient (Wildman–Crippen LogP) is 5.37. The summed E-state index contributed by atoms with van der Waals surface area (Å²) < 4.78 is 0. The van der Waals surface area contributed by atoms with Crippen molar-refractivity contribution in [2.45, 2.75) is 40.2 Å². The molecule has 1 heterocycles. The molecule has 0 aliphatic carbocycles. The van der Waals surface area contributed by atoms with Gasteiger partial charge in [-0.3, -0.25) is 9.69 Å². The van der Waals surface area contributed by atoms with Crippen LogP contribution in [0.2, 0.25) is 5.02 Å². The van der Waals surface area contributed by atoms with Crippen molar-refractivity contribution in [3.63, 3.8) is 0 Å². The van der Waals surface area contributed by atoms with E-state index in [1.807, 2.05) is 17.0 Å². The van der Waals surface area contributed by atoms with E-state index >= 15 is 0 Å². The Labute approximate surface area is 180 Å². The molecule has 0 radical (unpaired) electrons. The van der Waals surface area contributed by atoms with Crippen molar-refractivity contribution >= 4 is 17.5 Å². The van der Waals surface area contributed by atoms with Crippen LogP contribution < -0.4 is 0 Å². The quantitative estimate of drug-likeness (QED) is 0.610. The van der Waals surface area contributed by atoms with Crippen molar-refractivity contribution in [1.82, 2.24) is 9.80 Å². The van der Waals surface area contributed by atoms with Gasteiger partial charge in [-0.15, -0.1) is 0 Å². The summed E-state index contributed by atoms with van der Waals surface area (Å²) in [5.41, 5.74) is 4.04. The van der Waals surface area contributed by atoms with Gasteiger partial charge in [0.1, 0.15) is 0 Å². The van der Waals surface area contributed by atoms with Gasteiger partial charge in [-0.2, -0.15) is 0 Å². The first-order chi connectivity index (χ1) is 13.8. The highest BCUT2D eigenvalue weighted by Gasteiger charge is 2.36. The van der Waals surface area contributed by atoms with Crippen LogP contribution in [-0.4, -0.2) is 41.9 Å². The van der Waals surface area contributed by atoms with Crippen LogP contribution >= 0.6 is 11.6 Å². The maximum Gasteiger partial charge on any atom is 0.219 e. The van der Waals surface area contributed by atoms with Crippen molar-refractivity contribution in [3.05, 3.63) is 70.2 Å². The molecule has 1 aliphatic rings. The maximum atomic E-state index is 12.3. The molecule has 2 unspecified atom stereocenters. The Morgan fingerprint density at radius 3 is 2.45 bits per heavy atom. The minimum atomic E-state index is 0.179. The van der Waals surface area contributed by atoms with Crippen LogP contribution in [0, 0.1) is 18.8 Å². The summed E-state index contributed by atoms with van der Waals surface area (Å²) in [6, 6.07) is 16.8. The van der Waals surface area contributed by atoms with Crippen molar-refractivity contribution < 1.29 is 4.79 Å². The van der Waals surface area contributed by atoms with Crippen LogP contribution in [0.25, 0.3) is 0 Å². The first-order valence-corrected chi connectivity index (χ1v) is 11.0. The van der Waals surface area contributed by atoms with Gasteiger partial charge in [-0.25, -0.2) is 0 Å². The lowest BCUT2D eigenvalue weighted by Crippen LogP contribution is -2.38. The van der Waals surface area contributed by atoms with E-state index in [1.165, 1.54) is 16.7 Å². The number of halogens is 1. The Morgan fingerprint density at radius 2 is 1.83 bits per heavy atom. The summed E-state index contributed by atoms with van der Waals surface area (Å²) in [5, 5.41) is 0.775. The van der Waals surface area contributed by atoms with Crippen molar-refractivity contribution in [2.24, 2.45) is 11.8 Å². The zero-order valence-corrected chi connectivity index (χ0v) is 18.8. The number of nitrogens with zero attached hydrogens (tertiary/aromatic N) is 2. The zero-order valence-electron chi connectivity index (χ0n) is 18.1. The van der Waals surface area contributed by atoms with Crippen molar-refractivity contribution in [2.75, 3.05) is 26.2 Å². The van der Waals surface area contributed by atoms with Gasteiger partial charge in [0, 0.05) is 50.6 Å². The monoisotopic (exact) mass is 412 g/mol. The lowest BCUT2D eigenvalue weighted by Gasteiger charge is -2.29. The van der Waals surface area contributed by atoms with E-state index in [4.69, 9.17) is 11.6 Å². The minimum Gasteiger partial charge on any atom is -0.342 e. The van der Waals surface area contributed by atoms with Gasteiger partial charge in [0.15, 0.2) is 0 Å². The van der Waals surface area contributed by atoms with Gasteiger partial charge >= 0.3 is 0 Å².